The van der Waals surface area contributed by atoms with Crippen molar-refractivity contribution in [2.45, 2.75) is 81.7 Å². The maximum atomic E-state index is 12.0. The first-order valence-corrected chi connectivity index (χ1v) is 12.5. The van der Waals surface area contributed by atoms with E-state index in [1.807, 2.05) is 26.0 Å². The summed E-state index contributed by atoms with van der Waals surface area (Å²) in [5.74, 6) is 0.0371. The lowest BCUT2D eigenvalue weighted by Crippen LogP contribution is -2.65. The van der Waals surface area contributed by atoms with Crippen LogP contribution in [0.25, 0.3) is 11.0 Å². The van der Waals surface area contributed by atoms with Gasteiger partial charge in [-0.15, -0.1) is 0 Å². The van der Waals surface area contributed by atoms with Crippen molar-refractivity contribution in [2.24, 2.45) is 0 Å². The molecule has 0 bridgehead atoms. The number of hydrogen-bond donors (Lipinski definition) is 7. The van der Waals surface area contributed by atoms with E-state index < -0.39 is 80.3 Å². The third-order valence-corrected chi connectivity index (χ3v) is 6.70. The molecule has 10 unspecified atom stereocenters. The van der Waals surface area contributed by atoms with Gasteiger partial charge in [0.15, 0.2) is 23.7 Å². The maximum absolute atomic E-state index is 12.0. The summed E-state index contributed by atoms with van der Waals surface area (Å²) in [6.45, 7) is 2.47. The molecule has 0 radical (unpaired) electrons. The first-order valence-electron chi connectivity index (χ1n) is 12.5. The highest BCUT2D eigenvalue weighted by Gasteiger charge is 2.51. The average molecular weight is 555 g/mol. The smallest absolute Gasteiger partial charge is 0.336 e. The number of rotatable bonds is 8. The molecule has 0 amide bonds. The minimum Gasteiger partial charge on any atom is -0.458 e. The van der Waals surface area contributed by atoms with Crippen LogP contribution in [0.15, 0.2) is 45.1 Å². The number of benzene rings is 1. The van der Waals surface area contributed by atoms with Crippen LogP contribution in [0.4, 0.5) is 0 Å². The van der Waals surface area contributed by atoms with Gasteiger partial charge in [-0.2, -0.15) is 0 Å². The van der Waals surface area contributed by atoms with Crippen LogP contribution in [0.2, 0.25) is 0 Å². The van der Waals surface area contributed by atoms with Gasteiger partial charge >= 0.3 is 5.63 Å². The van der Waals surface area contributed by atoms with Crippen LogP contribution in [-0.4, -0.2) is 110 Å². The standard InChI is InChI=1S/C26H34O13/c1-11(2)3-4-12-7-13-5-6-17(29)38-23(13)14(8-12)35-26-24(21(33)19(31)16(10-28)37-26)39-25-22(34)20(32)18(30)15(9-27)36-25/h3,5-8,15-16,18-22,24-28,30-34H,4,9-10H2,1-2H3. The second kappa shape index (κ2) is 12.4. The molecule has 2 aliphatic heterocycles. The van der Waals surface area contributed by atoms with Crippen LogP contribution in [0.1, 0.15) is 19.4 Å². The summed E-state index contributed by atoms with van der Waals surface area (Å²) in [5, 5.41) is 71.7. The van der Waals surface area contributed by atoms with Gasteiger partial charge in [-0.05, 0) is 44.0 Å². The van der Waals surface area contributed by atoms with Crippen LogP contribution in [0.3, 0.4) is 0 Å². The quantitative estimate of drug-likeness (QED) is 0.144. The number of ether oxygens (including phenoxy) is 4. The van der Waals surface area contributed by atoms with Gasteiger partial charge in [0.25, 0.3) is 0 Å². The normalized spacial score (nSPS) is 35.1. The Kier molecular flexibility index (Phi) is 9.39. The van der Waals surface area contributed by atoms with Crippen molar-refractivity contribution in [1.29, 1.82) is 0 Å². The summed E-state index contributed by atoms with van der Waals surface area (Å²) < 4.78 is 28.2. The summed E-state index contributed by atoms with van der Waals surface area (Å²) in [6.07, 6.45) is -13.5. The van der Waals surface area contributed by atoms with E-state index in [0.717, 1.165) is 11.1 Å². The molecule has 2 fully saturated rings. The molecule has 39 heavy (non-hydrogen) atoms. The topological polar surface area (TPSA) is 209 Å². The lowest BCUT2D eigenvalue weighted by Gasteiger charge is -2.45. The summed E-state index contributed by atoms with van der Waals surface area (Å²) in [4.78, 5) is 12.0. The minimum absolute atomic E-state index is 0.0371. The van der Waals surface area contributed by atoms with Crippen molar-refractivity contribution in [3.8, 4) is 5.75 Å². The van der Waals surface area contributed by atoms with E-state index in [1.165, 1.54) is 6.07 Å². The van der Waals surface area contributed by atoms with Crippen LogP contribution >= 0.6 is 0 Å². The van der Waals surface area contributed by atoms with E-state index in [4.69, 9.17) is 23.4 Å². The Bertz CT molecular complexity index is 1210. The third kappa shape index (κ3) is 6.33. The molecule has 3 heterocycles. The van der Waals surface area contributed by atoms with Crippen molar-refractivity contribution >= 4 is 11.0 Å². The van der Waals surface area contributed by atoms with Gasteiger partial charge in [-0.1, -0.05) is 11.6 Å². The first-order chi connectivity index (χ1) is 18.5. The van der Waals surface area contributed by atoms with E-state index in [2.05, 4.69) is 0 Å². The van der Waals surface area contributed by atoms with E-state index in [1.54, 1.807) is 12.1 Å². The molecule has 0 aliphatic carbocycles. The number of allylic oxidation sites excluding steroid dienone is 2. The number of aliphatic hydroxyl groups is 7. The Hall–Kier alpha value is -2.43. The molecule has 10 atom stereocenters. The maximum Gasteiger partial charge on any atom is 0.336 e. The minimum atomic E-state index is -1.81. The Balaban J connectivity index is 1.70. The fourth-order valence-electron chi connectivity index (χ4n) is 4.49. The molecule has 0 saturated carbocycles. The lowest BCUT2D eigenvalue weighted by atomic mass is 9.97. The zero-order chi connectivity index (χ0) is 28.4. The molecule has 13 heteroatoms. The highest BCUT2D eigenvalue weighted by molar-refractivity contribution is 5.83. The first kappa shape index (κ1) is 29.6. The molecule has 13 nitrogen and oxygen atoms in total. The number of aliphatic hydroxyl groups excluding tert-OH is 7. The average Bonchev–Trinajstić information content (AvgIpc) is 2.91. The van der Waals surface area contributed by atoms with Gasteiger partial charge in [0, 0.05) is 11.5 Å². The van der Waals surface area contributed by atoms with Crippen molar-refractivity contribution in [3.63, 3.8) is 0 Å². The molecule has 4 rings (SSSR count). The van der Waals surface area contributed by atoms with E-state index >= 15 is 0 Å². The van der Waals surface area contributed by atoms with E-state index in [-0.39, 0.29) is 11.3 Å². The van der Waals surface area contributed by atoms with Crippen LogP contribution in [-0.2, 0) is 20.6 Å². The van der Waals surface area contributed by atoms with Gasteiger partial charge < -0.3 is 59.1 Å². The Labute approximate surface area is 223 Å². The van der Waals surface area contributed by atoms with Crippen LogP contribution in [0.5, 0.6) is 5.75 Å². The van der Waals surface area contributed by atoms with Crippen molar-refractivity contribution in [2.75, 3.05) is 13.2 Å². The summed E-state index contributed by atoms with van der Waals surface area (Å²) in [6, 6.07) is 6.22. The SMILES string of the molecule is CC(C)=CCc1cc(OC2OC(CO)C(O)C(O)C2OC2OC(CO)C(O)C(O)C2O)c2oc(=O)ccc2c1. The zero-order valence-electron chi connectivity index (χ0n) is 21.4. The van der Waals surface area contributed by atoms with Crippen LogP contribution < -0.4 is 10.4 Å². The van der Waals surface area contributed by atoms with Crippen LogP contribution in [0, 0.1) is 0 Å². The molecule has 2 aromatic rings. The van der Waals surface area contributed by atoms with Crippen molar-refractivity contribution < 1.29 is 59.1 Å². The lowest BCUT2D eigenvalue weighted by molar-refractivity contribution is -0.357. The molecule has 216 valence electrons. The van der Waals surface area contributed by atoms with Crippen molar-refractivity contribution in [1.82, 2.24) is 0 Å². The molecular weight excluding hydrogens is 520 g/mol. The molecule has 2 aliphatic rings. The van der Waals surface area contributed by atoms with Gasteiger partial charge in [-0.3, -0.25) is 0 Å². The molecule has 2 saturated heterocycles. The third-order valence-electron chi connectivity index (χ3n) is 6.70. The van der Waals surface area contributed by atoms with Crippen molar-refractivity contribution in [3.05, 3.63) is 51.9 Å². The number of hydrogen-bond acceptors (Lipinski definition) is 13. The predicted molar refractivity (Wildman–Crippen MR) is 133 cm³/mol. The highest BCUT2D eigenvalue weighted by Crippen LogP contribution is 2.34. The van der Waals surface area contributed by atoms with Gasteiger partial charge in [0.1, 0.15) is 42.7 Å². The van der Waals surface area contributed by atoms with Gasteiger partial charge in [0.05, 0.1) is 13.2 Å². The second-order valence-electron chi connectivity index (χ2n) is 9.87. The summed E-state index contributed by atoms with van der Waals surface area (Å²) >= 11 is 0. The summed E-state index contributed by atoms with van der Waals surface area (Å²) in [5.41, 5.74) is 1.28. The van der Waals surface area contributed by atoms with Gasteiger partial charge in [0.2, 0.25) is 6.29 Å². The van der Waals surface area contributed by atoms with Gasteiger partial charge in [-0.25, -0.2) is 4.79 Å². The Morgan fingerprint density at radius 1 is 0.872 bits per heavy atom. The largest absolute Gasteiger partial charge is 0.458 e. The Morgan fingerprint density at radius 3 is 2.15 bits per heavy atom. The second-order valence-corrected chi connectivity index (χ2v) is 9.87. The fourth-order valence-corrected chi connectivity index (χ4v) is 4.49. The molecule has 0 spiro atoms. The highest BCUT2D eigenvalue weighted by atomic mass is 16.8. The zero-order valence-corrected chi connectivity index (χ0v) is 21.4. The molecule has 1 aromatic carbocycles. The Morgan fingerprint density at radius 2 is 1.51 bits per heavy atom. The molecule has 7 N–H and O–H groups in total. The summed E-state index contributed by atoms with van der Waals surface area (Å²) in [7, 11) is 0. The number of fused-ring (bicyclic) bond motifs is 1. The molecular formula is C26H34O13. The van der Waals surface area contributed by atoms with E-state index in [9.17, 15) is 40.5 Å². The predicted octanol–water partition coefficient (Wildman–Crippen LogP) is -1.70. The fraction of sp³-hybridized carbons (Fsp3) is 0.577. The molecule has 1 aromatic heterocycles. The van der Waals surface area contributed by atoms with E-state index in [0.29, 0.717) is 11.8 Å². The monoisotopic (exact) mass is 554 g/mol.